The zero-order chi connectivity index (χ0) is 14.7. The number of hydrogen-bond acceptors (Lipinski definition) is 3. The average molecular weight is 283 g/mol. The van der Waals surface area contributed by atoms with Crippen LogP contribution in [0.15, 0.2) is 49.1 Å². The number of likely N-dealkylation sites (tertiary alicyclic amines) is 1. The highest BCUT2D eigenvalue weighted by Crippen LogP contribution is 2.28. The molecular formula is C17H21N3O. The Balaban J connectivity index is 1.70. The molecule has 0 radical (unpaired) electrons. The van der Waals surface area contributed by atoms with E-state index in [9.17, 15) is 4.79 Å². The van der Waals surface area contributed by atoms with Crippen LogP contribution in [-0.4, -0.2) is 33.4 Å². The fourth-order valence-electron chi connectivity index (χ4n) is 3.21. The topological polar surface area (TPSA) is 38.1 Å². The minimum Gasteiger partial charge on any atom is -0.298 e. The Hall–Kier alpha value is -1.94. The minimum atomic E-state index is 0.0768. The van der Waals surface area contributed by atoms with Crippen molar-refractivity contribution < 1.29 is 4.79 Å². The van der Waals surface area contributed by atoms with Crippen LogP contribution in [-0.2, 0) is 6.54 Å². The molecule has 1 saturated heterocycles. The third-order valence-corrected chi connectivity index (χ3v) is 4.37. The van der Waals surface area contributed by atoms with Crippen LogP contribution in [0.2, 0.25) is 0 Å². The molecule has 1 aliphatic rings. The lowest BCUT2D eigenvalue weighted by atomic mass is 9.93. The van der Waals surface area contributed by atoms with E-state index >= 15 is 0 Å². The van der Waals surface area contributed by atoms with Gasteiger partial charge in [-0.25, -0.2) is 4.98 Å². The predicted octanol–water partition coefficient (Wildman–Crippen LogP) is 2.68. The Morgan fingerprint density at radius 3 is 2.76 bits per heavy atom. The maximum atomic E-state index is 12.6. The summed E-state index contributed by atoms with van der Waals surface area (Å²) in [6.45, 7) is 4.93. The van der Waals surface area contributed by atoms with Crippen LogP contribution in [0.3, 0.4) is 0 Å². The van der Waals surface area contributed by atoms with Gasteiger partial charge in [0, 0.05) is 32.0 Å². The maximum Gasteiger partial charge on any atom is 0.236 e. The summed E-state index contributed by atoms with van der Waals surface area (Å²) in [6.07, 6.45) is 6.05. The highest BCUT2D eigenvalue weighted by molar-refractivity contribution is 5.82. The Morgan fingerprint density at radius 2 is 2.10 bits per heavy atom. The molecule has 1 fully saturated rings. The lowest BCUT2D eigenvalue weighted by molar-refractivity contribution is 0.0808. The highest BCUT2D eigenvalue weighted by atomic mass is 16.2. The van der Waals surface area contributed by atoms with Crippen molar-refractivity contribution in [3.8, 4) is 0 Å². The van der Waals surface area contributed by atoms with Crippen molar-refractivity contribution in [2.24, 2.45) is 11.8 Å². The first-order valence-corrected chi connectivity index (χ1v) is 7.56. The molecule has 0 bridgehead atoms. The zero-order valence-corrected chi connectivity index (χ0v) is 12.4. The SMILES string of the molecule is CC[C@@H]1CN(Cc2ccccc2)C[C@@H]1C(=O)n1ccnc1. The van der Waals surface area contributed by atoms with Crippen molar-refractivity contribution in [1.82, 2.24) is 14.5 Å². The molecule has 1 aromatic heterocycles. The molecular weight excluding hydrogens is 262 g/mol. The average Bonchev–Trinajstić information content (AvgIpc) is 3.17. The molecule has 0 aliphatic carbocycles. The van der Waals surface area contributed by atoms with E-state index in [0.717, 1.165) is 26.1 Å². The van der Waals surface area contributed by atoms with Crippen molar-refractivity contribution in [2.75, 3.05) is 13.1 Å². The molecule has 0 amide bonds. The third-order valence-electron chi connectivity index (χ3n) is 4.37. The van der Waals surface area contributed by atoms with Gasteiger partial charge < -0.3 is 0 Å². The van der Waals surface area contributed by atoms with Gasteiger partial charge in [-0.15, -0.1) is 0 Å². The second-order valence-electron chi connectivity index (χ2n) is 5.76. The van der Waals surface area contributed by atoms with E-state index in [2.05, 4.69) is 41.1 Å². The van der Waals surface area contributed by atoms with Crippen molar-refractivity contribution >= 4 is 5.91 Å². The summed E-state index contributed by atoms with van der Waals surface area (Å²) >= 11 is 0. The predicted molar refractivity (Wildman–Crippen MR) is 81.8 cm³/mol. The number of hydrogen-bond donors (Lipinski definition) is 0. The highest BCUT2D eigenvalue weighted by Gasteiger charge is 2.36. The molecule has 110 valence electrons. The molecule has 3 rings (SSSR count). The summed E-state index contributed by atoms with van der Waals surface area (Å²) in [4.78, 5) is 18.9. The largest absolute Gasteiger partial charge is 0.298 e. The van der Waals surface area contributed by atoms with Crippen molar-refractivity contribution in [3.63, 3.8) is 0 Å². The first-order chi connectivity index (χ1) is 10.3. The third kappa shape index (κ3) is 3.05. The van der Waals surface area contributed by atoms with E-state index in [1.54, 1.807) is 23.3 Å². The quantitative estimate of drug-likeness (QED) is 0.866. The Kier molecular flexibility index (Phi) is 4.15. The second kappa shape index (κ2) is 6.22. The monoisotopic (exact) mass is 283 g/mol. The Bertz CT molecular complexity index is 579. The van der Waals surface area contributed by atoms with Crippen LogP contribution < -0.4 is 0 Å². The number of carbonyl (C=O) groups is 1. The van der Waals surface area contributed by atoms with Crippen LogP contribution in [0.5, 0.6) is 0 Å². The van der Waals surface area contributed by atoms with E-state index < -0.39 is 0 Å². The molecule has 21 heavy (non-hydrogen) atoms. The van der Waals surface area contributed by atoms with E-state index in [4.69, 9.17) is 0 Å². The molecule has 1 aliphatic heterocycles. The summed E-state index contributed by atoms with van der Waals surface area (Å²) in [5.41, 5.74) is 1.31. The number of aromatic nitrogens is 2. The van der Waals surface area contributed by atoms with Crippen molar-refractivity contribution in [2.45, 2.75) is 19.9 Å². The lowest BCUT2D eigenvalue weighted by Gasteiger charge is -2.15. The van der Waals surface area contributed by atoms with Gasteiger partial charge in [0.2, 0.25) is 5.91 Å². The molecule has 0 saturated carbocycles. The fraction of sp³-hybridized carbons (Fsp3) is 0.412. The number of carbonyl (C=O) groups excluding carboxylic acids is 1. The second-order valence-corrected chi connectivity index (χ2v) is 5.76. The van der Waals surface area contributed by atoms with E-state index in [1.807, 2.05) is 6.07 Å². The van der Waals surface area contributed by atoms with Crippen LogP contribution in [0, 0.1) is 11.8 Å². The van der Waals surface area contributed by atoms with Gasteiger partial charge in [-0.1, -0.05) is 43.7 Å². The Morgan fingerprint density at radius 1 is 1.29 bits per heavy atom. The summed E-state index contributed by atoms with van der Waals surface area (Å²) in [6, 6.07) is 10.5. The Labute approximate surface area is 125 Å². The van der Waals surface area contributed by atoms with Crippen molar-refractivity contribution in [3.05, 3.63) is 54.6 Å². The van der Waals surface area contributed by atoms with Gasteiger partial charge >= 0.3 is 0 Å². The molecule has 4 nitrogen and oxygen atoms in total. The first kappa shape index (κ1) is 14.0. The molecule has 0 unspecified atom stereocenters. The van der Waals surface area contributed by atoms with Crippen LogP contribution in [0.25, 0.3) is 0 Å². The van der Waals surface area contributed by atoms with Crippen molar-refractivity contribution in [1.29, 1.82) is 0 Å². The number of nitrogens with zero attached hydrogens (tertiary/aromatic N) is 3. The standard InChI is InChI=1S/C17H21N3O/c1-2-15-11-19(10-14-6-4-3-5-7-14)12-16(15)17(21)20-9-8-18-13-20/h3-9,13,15-16H,2,10-12H2,1H3/t15-,16+/m1/s1. The lowest BCUT2D eigenvalue weighted by Crippen LogP contribution is -2.27. The summed E-state index contributed by atoms with van der Waals surface area (Å²) in [5, 5.41) is 0. The minimum absolute atomic E-state index is 0.0768. The molecule has 2 aromatic rings. The molecule has 2 atom stereocenters. The first-order valence-electron chi connectivity index (χ1n) is 7.56. The number of benzene rings is 1. The summed E-state index contributed by atoms with van der Waals surface area (Å²) in [5.74, 6) is 0.687. The van der Waals surface area contributed by atoms with Gasteiger partial charge in [-0.05, 0) is 11.5 Å². The molecule has 1 aromatic carbocycles. The fourth-order valence-corrected chi connectivity index (χ4v) is 3.21. The summed E-state index contributed by atoms with van der Waals surface area (Å²) < 4.78 is 1.62. The molecule has 0 spiro atoms. The van der Waals surface area contributed by atoms with E-state index in [0.29, 0.717) is 5.92 Å². The van der Waals surface area contributed by atoms with Gasteiger partial charge in [0.1, 0.15) is 6.33 Å². The molecule has 0 N–H and O–H groups in total. The van der Waals surface area contributed by atoms with Crippen LogP contribution >= 0.6 is 0 Å². The molecule has 4 heteroatoms. The number of rotatable bonds is 4. The maximum absolute atomic E-state index is 12.6. The summed E-state index contributed by atoms with van der Waals surface area (Å²) in [7, 11) is 0. The number of imidazole rings is 1. The van der Waals surface area contributed by atoms with Crippen LogP contribution in [0.1, 0.15) is 23.7 Å². The van der Waals surface area contributed by atoms with Gasteiger partial charge in [-0.3, -0.25) is 14.3 Å². The van der Waals surface area contributed by atoms with Gasteiger partial charge in [0.15, 0.2) is 0 Å². The van der Waals surface area contributed by atoms with Gasteiger partial charge in [0.05, 0.1) is 5.92 Å². The van der Waals surface area contributed by atoms with E-state index in [-0.39, 0.29) is 11.8 Å². The van der Waals surface area contributed by atoms with E-state index in [1.165, 1.54) is 5.56 Å². The van der Waals surface area contributed by atoms with Gasteiger partial charge in [0.25, 0.3) is 0 Å². The normalized spacial score (nSPS) is 22.5. The smallest absolute Gasteiger partial charge is 0.236 e. The van der Waals surface area contributed by atoms with Crippen LogP contribution in [0.4, 0.5) is 0 Å². The molecule has 2 heterocycles. The van der Waals surface area contributed by atoms with Gasteiger partial charge in [-0.2, -0.15) is 0 Å². The zero-order valence-electron chi connectivity index (χ0n) is 12.4.